The molecule has 0 aromatic heterocycles. The number of hydrogen-bond acceptors (Lipinski definition) is 4. The Bertz CT molecular complexity index is 491. The number of aliphatic hydroxyl groups excluding tert-OH is 1. The number of nitrogens with one attached hydrogen (secondary N) is 1. The van der Waals surface area contributed by atoms with Crippen molar-refractivity contribution in [3.63, 3.8) is 0 Å². The van der Waals surface area contributed by atoms with Gasteiger partial charge in [-0.15, -0.1) is 0 Å². The molecule has 0 unspecified atom stereocenters. The fraction of sp³-hybridized carbons (Fsp3) is 0.455. The highest BCUT2D eigenvalue weighted by Crippen LogP contribution is 2.16. The molecule has 0 amide bonds. The van der Waals surface area contributed by atoms with Crippen LogP contribution in [0.4, 0.5) is 4.39 Å². The highest BCUT2D eigenvalue weighted by atomic mass is 32.2. The van der Waals surface area contributed by atoms with Crippen LogP contribution in [0.1, 0.15) is 12.0 Å². The van der Waals surface area contributed by atoms with Crippen molar-refractivity contribution in [3.05, 3.63) is 29.6 Å². The Hall–Kier alpha value is -0.630. The lowest BCUT2D eigenvalue weighted by molar-refractivity contribution is 0.281. The second kappa shape index (κ2) is 7.08. The zero-order chi connectivity index (χ0) is 13.6. The van der Waals surface area contributed by atoms with Crippen molar-refractivity contribution < 1.29 is 17.9 Å². The van der Waals surface area contributed by atoms with Crippen LogP contribution in [-0.2, 0) is 16.6 Å². The van der Waals surface area contributed by atoms with E-state index < -0.39 is 20.7 Å². The number of hydrogen-bond donors (Lipinski definition) is 2. The van der Waals surface area contributed by atoms with Gasteiger partial charge in [-0.25, -0.2) is 17.5 Å². The molecular weight excluding hydrogens is 277 g/mol. The minimum atomic E-state index is -3.85. The molecule has 1 aromatic carbocycles. The largest absolute Gasteiger partial charge is 0.392 e. The van der Waals surface area contributed by atoms with Gasteiger partial charge in [0.2, 0.25) is 10.0 Å². The van der Waals surface area contributed by atoms with Crippen LogP contribution in [0.2, 0.25) is 0 Å². The highest BCUT2D eigenvalue weighted by molar-refractivity contribution is 7.98. The molecule has 0 atom stereocenters. The zero-order valence-electron chi connectivity index (χ0n) is 10.0. The van der Waals surface area contributed by atoms with Gasteiger partial charge < -0.3 is 5.11 Å². The molecule has 1 aromatic rings. The van der Waals surface area contributed by atoms with Crippen molar-refractivity contribution in [2.24, 2.45) is 0 Å². The number of halogens is 1. The number of aliphatic hydroxyl groups is 1. The van der Waals surface area contributed by atoms with Crippen LogP contribution in [0.15, 0.2) is 23.1 Å². The van der Waals surface area contributed by atoms with Crippen molar-refractivity contribution in [1.82, 2.24) is 4.72 Å². The van der Waals surface area contributed by atoms with Crippen LogP contribution in [0, 0.1) is 5.82 Å². The smallest absolute Gasteiger partial charge is 0.243 e. The van der Waals surface area contributed by atoms with Gasteiger partial charge in [0.05, 0.1) is 6.61 Å². The average molecular weight is 293 g/mol. The van der Waals surface area contributed by atoms with E-state index in [1.54, 1.807) is 11.8 Å². The van der Waals surface area contributed by atoms with Crippen LogP contribution in [0.25, 0.3) is 0 Å². The van der Waals surface area contributed by atoms with Crippen LogP contribution in [-0.4, -0.2) is 32.1 Å². The second-order valence-corrected chi connectivity index (χ2v) is 6.39. The lowest BCUT2D eigenvalue weighted by Crippen LogP contribution is -2.26. The Morgan fingerprint density at radius 2 is 2.17 bits per heavy atom. The van der Waals surface area contributed by atoms with Crippen molar-refractivity contribution >= 4 is 21.8 Å². The van der Waals surface area contributed by atoms with Crippen molar-refractivity contribution in [1.29, 1.82) is 0 Å². The first-order valence-electron chi connectivity index (χ1n) is 5.39. The molecule has 0 aliphatic carbocycles. The molecule has 7 heteroatoms. The summed E-state index contributed by atoms with van der Waals surface area (Å²) in [5.74, 6) is 0.0198. The van der Waals surface area contributed by atoms with Gasteiger partial charge >= 0.3 is 0 Å². The molecule has 2 N–H and O–H groups in total. The van der Waals surface area contributed by atoms with E-state index in [0.29, 0.717) is 12.0 Å². The van der Waals surface area contributed by atoms with Crippen molar-refractivity contribution in [2.45, 2.75) is 17.9 Å². The Balaban J connectivity index is 2.83. The summed E-state index contributed by atoms with van der Waals surface area (Å²) in [6.07, 6.45) is 2.61. The predicted molar refractivity (Wildman–Crippen MR) is 70.5 cm³/mol. The summed E-state index contributed by atoms with van der Waals surface area (Å²) in [5.41, 5.74) is 0.362. The molecule has 0 saturated heterocycles. The van der Waals surface area contributed by atoms with Crippen molar-refractivity contribution in [3.8, 4) is 0 Å². The second-order valence-electron chi connectivity index (χ2n) is 3.67. The predicted octanol–water partition coefficient (Wildman–Crippen LogP) is 1.35. The van der Waals surface area contributed by atoms with Gasteiger partial charge in [-0.1, -0.05) is 6.07 Å². The van der Waals surface area contributed by atoms with Gasteiger partial charge in [0.25, 0.3) is 0 Å². The molecule has 0 fully saturated rings. The van der Waals surface area contributed by atoms with Gasteiger partial charge in [0.1, 0.15) is 10.7 Å². The molecule has 0 aliphatic heterocycles. The highest BCUT2D eigenvalue weighted by Gasteiger charge is 2.18. The summed E-state index contributed by atoms with van der Waals surface area (Å²) in [5, 5.41) is 8.92. The minimum absolute atomic E-state index is 0.270. The fourth-order valence-electron chi connectivity index (χ4n) is 1.35. The third-order valence-electron chi connectivity index (χ3n) is 2.29. The maximum Gasteiger partial charge on any atom is 0.243 e. The topological polar surface area (TPSA) is 66.4 Å². The summed E-state index contributed by atoms with van der Waals surface area (Å²) < 4.78 is 39.5. The molecule has 0 radical (unpaired) electrons. The standard InChI is InChI=1S/C11H16FNO3S2/c1-17-6-2-5-13-18(15,16)11-7-9(8-14)3-4-10(11)12/h3-4,7,13-14H,2,5-6,8H2,1H3. The quantitative estimate of drug-likeness (QED) is 0.745. The third kappa shape index (κ3) is 4.24. The number of rotatable bonds is 7. The summed E-state index contributed by atoms with van der Waals surface area (Å²) >= 11 is 1.62. The number of sulfonamides is 1. The maximum atomic E-state index is 13.5. The van der Waals surface area contributed by atoms with Crippen LogP contribution < -0.4 is 4.72 Å². The summed E-state index contributed by atoms with van der Waals surface area (Å²) in [6, 6.07) is 3.54. The van der Waals surface area contributed by atoms with Gasteiger partial charge in [-0.05, 0) is 36.1 Å². The maximum absolute atomic E-state index is 13.5. The lowest BCUT2D eigenvalue weighted by atomic mass is 10.2. The Morgan fingerprint density at radius 1 is 1.44 bits per heavy atom. The zero-order valence-corrected chi connectivity index (χ0v) is 11.7. The lowest BCUT2D eigenvalue weighted by Gasteiger charge is -2.08. The number of benzene rings is 1. The first kappa shape index (κ1) is 15.4. The Morgan fingerprint density at radius 3 is 2.78 bits per heavy atom. The molecule has 0 spiro atoms. The monoisotopic (exact) mass is 293 g/mol. The van der Waals surface area contributed by atoms with E-state index in [1.807, 2.05) is 6.26 Å². The molecule has 0 bridgehead atoms. The number of thioether (sulfide) groups is 1. The van der Waals surface area contributed by atoms with Gasteiger partial charge in [0.15, 0.2) is 0 Å². The summed E-state index contributed by atoms with van der Waals surface area (Å²) in [7, 11) is -3.85. The first-order valence-corrected chi connectivity index (χ1v) is 8.27. The van der Waals surface area contributed by atoms with Crippen LogP contribution >= 0.6 is 11.8 Å². The third-order valence-corrected chi connectivity index (χ3v) is 4.46. The normalized spacial score (nSPS) is 11.7. The molecule has 0 saturated carbocycles. The van der Waals surface area contributed by atoms with E-state index in [-0.39, 0.29) is 13.2 Å². The SMILES string of the molecule is CSCCCNS(=O)(=O)c1cc(CO)ccc1F. The van der Waals surface area contributed by atoms with E-state index in [4.69, 9.17) is 5.11 Å². The van der Waals surface area contributed by atoms with E-state index in [9.17, 15) is 12.8 Å². The van der Waals surface area contributed by atoms with E-state index in [0.717, 1.165) is 17.9 Å². The van der Waals surface area contributed by atoms with E-state index >= 15 is 0 Å². The molecule has 18 heavy (non-hydrogen) atoms. The molecule has 4 nitrogen and oxygen atoms in total. The minimum Gasteiger partial charge on any atom is -0.392 e. The molecule has 102 valence electrons. The van der Waals surface area contributed by atoms with Crippen LogP contribution in [0.5, 0.6) is 0 Å². The van der Waals surface area contributed by atoms with Gasteiger partial charge in [-0.3, -0.25) is 0 Å². The summed E-state index contributed by atoms with van der Waals surface area (Å²) in [4.78, 5) is -0.418. The van der Waals surface area contributed by atoms with Gasteiger partial charge in [0, 0.05) is 6.54 Å². The Kier molecular flexibility index (Phi) is 6.07. The average Bonchev–Trinajstić information content (AvgIpc) is 2.35. The molecule has 0 aliphatic rings. The van der Waals surface area contributed by atoms with E-state index in [1.165, 1.54) is 6.07 Å². The van der Waals surface area contributed by atoms with E-state index in [2.05, 4.69) is 4.72 Å². The molecule has 1 rings (SSSR count). The summed E-state index contributed by atoms with van der Waals surface area (Å²) in [6.45, 7) is -0.0543. The molecule has 0 heterocycles. The van der Waals surface area contributed by atoms with Gasteiger partial charge in [-0.2, -0.15) is 11.8 Å². The molecular formula is C11H16FNO3S2. The van der Waals surface area contributed by atoms with Crippen molar-refractivity contribution in [2.75, 3.05) is 18.6 Å². The Labute approximate surface area is 111 Å². The van der Waals surface area contributed by atoms with Crippen LogP contribution in [0.3, 0.4) is 0 Å². The first-order chi connectivity index (χ1) is 8.51. The fourth-order valence-corrected chi connectivity index (χ4v) is 2.99.